The van der Waals surface area contributed by atoms with E-state index in [9.17, 15) is 18.4 Å². The summed E-state index contributed by atoms with van der Waals surface area (Å²) in [7, 11) is 0. The quantitative estimate of drug-likeness (QED) is 0.823. The SMILES string of the molecule is O=C1O[C@@H](Cn2ccnn2)CN1c1ccc(N2CC(F)CC2=O)c(F)c1. The lowest BCUT2D eigenvalue weighted by Crippen LogP contribution is -2.28. The first-order valence-corrected chi connectivity index (χ1v) is 8.07. The third-order valence-corrected chi connectivity index (χ3v) is 4.35. The first kappa shape index (κ1) is 16.4. The largest absolute Gasteiger partial charge is 0.442 e. The topological polar surface area (TPSA) is 80.6 Å². The summed E-state index contributed by atoms with van der Waals surface area (Å²) in [5.74, 6) is -1.16. The molecule has 0 bridgehead atoms. The number of benzene rings is 1. The highest BCUT2D eigenvalue weighted by molar-refractivity contribution is 5.97. The third kappa shape index (κ3) is 2.98. The summed E-state index contributed by atoms with van der Waals surface area (Å²) in [6.45, 7) is 0.399. The molecule has 26 heavy (non-hydrogen) atoms. The van der Waals surface area contributed by atoms with Crippen LogP contribution in [0.4, 0.5) is 25.0 Å². The van der Waals surface area contributed by atoms with Gasteiger partial charge in [0.25, 0.3) is 0 Å². The Bertz CT molecular complexity index is 844. The summed E-state index contributed by atoms with van der Waals surface area (Å²) in [6, 6.07) is 4.03. The molecule has 1 aromatic carbocycles. The predicted molar refractivity (Wildman–Crippen MR) is 85.9 cm³/mol. The zero-order valence-corrected chi connectivity index (χ0v) is 13.6. The minimum Gasteiger partial charge on any atom is -0.442 e. The van der Waals surface area contributed by atoms with Gasteiger partial charge in [-0.25, -0.2) is 18.3 Å². The molecular weight excluding hydrogens is 348 g/mol. The van der Waals surface area contributed by atoms with Crippen LogP contribution in [0.25, 0.3) is 0 Å². The molecule has 1 aromatic heterocycles. The Balaban J connectivity index is 1.50. The summed E-state index contributed by atoms with van der Waals surface area (Å²) in [5.41, 5.74) is 0.311. The van der Waals surface area contributed by atoms with Gasteiger partial charge in [0.15, 0.2) is 0 Å². The average Bonchev–Trinajstić information content (AvgIpc) is 3.29. The van der Waals surface area contributed by atoms with Crippen molar-refractivity contribution in [1.29, 1.82) is 0 Å². The molecule has 136 valence electrons. The van der Waals surface area contributed by atoms with Gasteiger partial charge in [0.1, 0.15) is 18.1 Å². The van der Waals surface area contributed by atoms with Gasteiger partial charge in [-0.1, -0.05) is 5.21 Å². The van der Waals surface area contributed by atoms with Crippen molar-refractivity contribution in [2.45, 2.75) is 25.2 Å². The fourth-order valence-electron chi connectivity index (χ4n) is 3.15. The molecular formula is C16H15F2N5O3. The van der Waals surface area contributed by atoms with Gasteiger partial charge in [-0.15, -0.1) is 5.10 Å². The maximum atomic E-state index is 14.5. The first-order chi connectivity index (χ1) is 12.5. The normalized spacial score (nSPS) is 23.0. The molecule has 0 saturated carbocycles. The van der Waals surface area contributed by atoms with Gasteiger partial charge < -0.3 is 9.64 Å². The van der Waals surface area contributed by atoms with Crippen LogP contribution in [-0.4, -0.2) is 52.4 Å². The summed E-state index contributed by atoms with van der Waals surface area (Å²) < 4.78 is 34.6. The second-order valence-electron chi connectivity index (χ2n) is 6.18. The van der Waals surface area contributed by atoms with E-state index in [-0.39, 0.29) is 25.2 Å². The number of carbonyl (C=O) groups excluding carboxylic acids is 2. The molecule has 1 unspecified atom stereocenters. The lowest BCUT2D eigenvalue weighted by molar-refractivity contribution is -0.117. The number of hydrogen-bond acceptors (Lipinski definition) is 5. The maximum Gasteiger partial charge on any atom is 0.414 e. The van der Waals surface area contributed by atoms with Gasteiger partial charge in [0.2, 0.25) is 5.91 Å². The van der Waals surface area contributed by atoms with Crippen molar-refractivity contribution in [2.75, 3.05) is 22.9 Å². The Morgan fingerprint density at radius 1 is 1.23 bits per heavy atom. The zero-order chi connectivity index (χ0) is 18.3. The highest BCUT2D eigenvalue weighted by atomic mass is 19.1. The number of anilines is 2. The van der Waals surface area contributed by atoms with E-state index in [0.717, 1.165) is 11.0 Å². The van der Waals surface area contributed by atoms with Crippen molar-refractivity contribution in [2.24, 2.45) is 0 Å². The van der Waals surface area contributed by atoms with Gasteiger partial charge >= 0.3 is 6.09 Å². The summed E-state index contributed by atoms with van der Waals surface area (Å²) in [4.78, 5) is 26.2. The molecule has 2 aromatic rings. The van der Waals surface area contributed by atoms with E-state index in [4.69, 9.17) is 4.74 Å². The molecule has 2 atom stereocenters. The number of amides is 2. The number of nitrogens with zero attached hydrogens (tertiary/aromatic N) is 5. The van der Waals surface area contributed by atoms with Crippen molar-refractivity contribution < 1.29 is 23.1 Å². The minimum atomic E-state index is -1.30. The van der Waals surface area contributed by atoms with E-state index >= 15 is 0 Å². The van der Waals surface area contributed by atoms with Crippen molar-refractivity contribution in [3.8, 4) is 0 Å². The standard InChI is InChI=1S/C16H15F2N5O3/c17-10-5-15(24)23(7-10)14-2-1-11(6-13(14)18)22-9-12(26-16(22)25)8-21-4-3-19-20-21/h1-4,6,10,12H,5,7-9H2/t10?,12-/m0/s1. The summed E-state index contributed by atoms with van der Waals surface area (Å²) in [6.07, 6.45) is 0.583. The van der Waals surface area contributed by atoms with Crippen LogP contribution in [0.15, 0.2) is 30.6 Å². The van der Waals surface area contributed by atoms with E-state index in [2.05, 4.69) is 10.3 Å². The molecule has 8 nitrogen and oxygen atoms in total. The minimum absolute atomic E-state index is 0.00521. The van der Waals surface area contributed by atoms with Crippen LogP contribution in [0.1, 0.15) is 6.42 Å². The van der Waals surface area contributed by atoms with Crippen LogP contribution in [0.5, 0.6) is 0 Å². The summed E-state index contributed by atoms with van der Waals surface area (Å²) in [5, 5.41) is 7.50. The number of hydrogen-bond donors (Lipinski definition) is 0. The number of alkyl halides is 1. The highest BCUT2D eigenvalue weighted by Crippen LogP contribution is 2.30. The van der Waals surface area contributed by atoms with Crippen LogP contribution in [0.2, 0.25) is 0 Å². The smallest absolute Gasteiger partial charge is 0.414 e. The fraction of sp³-hybridized carbons (Fsp3) is 0.375. The van der Waals surface area contributed by atoms with Crippen molar-refractivity contribution in [3.05, 3.63) is 36.4 Å². The number of carbonyl (C=O) groups is 2. The van der Waals surface area contributed by atoms with E-state index in [1.165, 1.54) is 27.9 Å². The van der Waals surface area contributed by atoms with Gasteiger partial charge in [-0.3, -0.25) is 9.69 Å². The van der Waals surface area contributed by atoms with Gasteiger partial charge in [-0.2, -0.15) is 0 Å². The monoisotopic (exact) mass is 363 g/mol. The molecule has 0 radical (unpaired) electrons. The molecule has 0 N–H and O–H groups in total. The second kappa shape index (κ2) is 6.36. The maximum absolute atomic E-state index is 14.5. The molecule has 0 aliphatic carbocycles. The third-order valence-electron chi connectivity index (χ3n) is 4.35. The Kier molecular flexibility index (Phi) is 4.02. The van der Waals surface area contributed by atoms with Crippen molar-refractivity contribution in [1.82, 2.24) is 15.0 Å². The molecule has 10 heteroatoms. The predicted octanol–water partition coefficient (Wildman–Crippen LogP) is 1.52. The van der Waals surface area contributed by atoms with E-state index in [1.807, 2.05) is 0 Å². The van der Waals surface area contributed by atoms with Crippen LogP contribution in [-0.2, 0) is 16.1 Å². The molecule has 2 fully saturated rings. The summed E-state index contributed by atoms with van der Waals surface area (Å²) >= 11 is 0. The van der Waals surface area contributed by atoms with E-state index < -0.39 is 30.1 Å². The zero-order valence-electron chi connectivity index (χ0n) is 13.6. The molecule has 4 rings (SSSR count). The molecule has 2 aliphatic rings. The molecule has 3 heterocycles. The molecule has 2 amide bonds. The van der Waals surface area contributed by atoms with Crippen LogP contribution < -0.4 is 9.80 Å². The van der Waals surface area contributed by atoms with Crippen molar-refractivity contribution >= 4 is 23.4 Å². The Morgan fingerprint density at radius 3 is 2.73 bits per heavy atom. The van der Waals surface area contributed by atoms with Crippen LogP contribution in [0, 0.1) is 5.82 Å². The van der Waals surface area contributed by atoms with Gasteiger partial charge in [0.05, 0.1) is 43.6 Å². The van der Waals surface area contributed by atoms with Crippen LogP contribution in [0.3, 0.4) is 0 Å². The number of rotatable bonds is 4. The van der Waals surface area contributed by atoms with E-state index in [0.29, 0.717) is 12.2 Å². The Labute approximate surface area is 146 Å². The average molecular weight is 363 g/mol. The Hall–Kier alpha value is -3.04. The van der Waals surface area contributed by atoms with Gasteiger partial charge in [-0.05, 0) is 18.2 Å². The van der Waals surface area contributed by atoms with Crippen LogP contribution >= 0.6 is 0 Å². The highest BCUT2D eigenvalue weighted by Gasteiger charge is 2.35. The molecule has 0 spiro atoms. The number of ether oxygens (including phenoxy) is 1. The fourth-order valence-corrected chi connectivity index (χ4v) is 3.15. The van der Waals surface area contributed by atoms with E-state index in [1.54, 1.807) is 6.20 Å². The van der Waals surface area contributed by atoms with Gasteiger partial charge in [0, 0.05) is 6.20 Å². The number of cyclic esters (lactones) is 1. The molecule has 2 saturated heterocycles. The number of aromatic nitrogens is 3. The second-order valence-corrected chi connectivity index (χ2v) is 6.18. The molecule has 2 aliphatic heterocycles. The first-order valence-electron chi connectivity index (χ1n) is 8.07. The Morgan fingerprint density at radius 2 is 2.08 bits per heavy atom. The lowest BCUT2D eigenvalue weighted by Gasteiger charge is -2.19. The van der Waals surface area contributed by atoms with Crippen molar-refractivity contribution in [3.63, 3.8) is 0 Å². The number of halogens is 2. The lowest BCUT2D eigenvalue weighted by atomic mass is 10.2.